The van der Waals surface area contributed by atoms with Crippen LogP contribution in [-0.2, 0) is 0 Å². The Morgan fingerprint density at radius 1 is 1.17 bits per heavy atom. The summed E-state index contributed by atoms with van der Waals surface area (Å²) in [5.41, 5.74) is 5.19. The second-order valence-electron chi connectivity index (χ2n) is 4.78. The zero-order valence-electron chi connectivity index (χ0n) is 12.6. The van der Waals surface area contributed by atoms with Crippen LogP contribution in [0.5, 0.6) is 5.75 Å². The predicted octanol–water partition coefficient (Wildman–Crippen LogP) is 3.37. The van der Waals surface area contributed by atoms with Gasteiger partial charge in [0.25, 0.3) is 0 Å². The van der Waals surface area contributed by atoms with Crippen LogP contribution in [0.1, 0.15) is 0 Å². The van der Waals surface area contributed by atoms with Gasteiger partial charge in [0.2, 0.25) is 5.96 Å². The Balaban J connectivity index is 0.00000192. The van der Waals surface area contributed by atoms with Crippen molar-refractivity contribution in [3.8, 4) is 5.75 Å². The number of nitrogens with one attached hydrogen (secondary N) is 2. The molecule has 0 fully saturated rings. The van der Waals surface area contributed by atoms with Crippen LogP contribution < -0.4 is 20.5 Å². The molecule has 7 heteroatoms. The SMILES string of the molecule is COc1cccc(N(NC2=NCCN2)c2ccc(Cl)cc2)c1.Cl. The molecule has 122 valence electrons. The number of hydrogen-bond acceptors (Lipinski definition) is 5. The minimum atomic E-state index is 0. The molecule has 2 aromatic carbocycles. The van der Waals surface area contributed by atoms with E-state index in [1.807, 2.05) is 53.5 Å². The molecule has 0 saturated carbocycles. The number of hydrazine groups is 1. The molecule has 2 aromatic rings. The fraction of sp³-hybridized carbons (Fsp3) is 0.188. The number of ether oxygens (including phenoxy) is 1. The van der Waals surface area contributed by atoms with Gasteiger partial charge in [-0.05, 0) is 36.4 Å². The quantitative estimate of drug-likeness (QED) is 0.828. The molecule has 0 atom stereocenters. The van der Waals surface area contributed by atoms with Crippen molar-refractivity contribution in [1.29, 1.82) is 0 Å². The highest BCUT2D eigenvalue weighted by Gasteiger charge is 2.14. The lowest BCUT2D eigenvalue weighted by molar-refractivity contribution is 0.415. The van der Waals surface area contributed by atoms with Crippen molar-refractivity contribution in [2.24, 2.45) is 4.99 Å². The first kappa shape index (κ1) is 17.2. The first-order valence-electron chi connectivity index (χ1n) is 7.01. The number of guanidine groups is 1. The van der Waals surface area contributed by atoms with Crippen LogP contribution in [0.2, 0.25) is 5.02 Å². The van der Waals surface area contributed by atoms with Gasteiger partial charge in [0, 0.05) is 17.6 Å². The summed E-state index contributed by atoms with van der Waals surface area (Å²) in [5.74, 6) is 1.54. The summed E-state index contributed by atoms with van der Waals surface area (Å²) in [6.07, 6.45) is 0. The largest absolute Gasteiger partial charge is 0.497 e. The van der Waals surface area contributed by atoms with Crippen LogP contribution in [0.4, 0.5) is 11.4 Å². The van der Waals surface area contributed by atoms with Crippen LogP contribution in [0.3, 0.4) is 0 Å². The van der Waals surface area contributed by atoms with Crippen LogP contribution in [0.15, 0.2) is 53.5 Å². The zero-order valence-corrected chi connectivity index (χ0v) is 14.2. The summed E-state index contributed by atoms with van der Waals surface area (Å²) >= 11 is 5.99. The van der Waals surface area contributed by atoms with Gasteiger partial charge in [-0.1, -0.05) is 17.7 Å². The summed E-state index contributed by atoms with van der Waals surface area (Å²) in [4.78, 5) is 4.38. The van der Waals surface area contributed by atoms with Crippen LogP contribution in [0, 0.1) is 0 Å². The number of anilines is 2. The Morgan fingerprint density at radius 3 is 2.61 bits per heavy atom. The van der Waals surface area contributed by atoms with Crippen molar-refractivity contribution in [1.82, 2.24) is 10.7 Å². The Labute approximate surface area is 146 Å². The smallest absolute Gasteiger partial charge is 0.210 e. The summed E-state index contributed by atoms with van der Waals surface area (Å²) < 4.78 is 5.31. The molecule has 0 spiro atoms. The number of methoxy groups -OCH3 is 1. The van der Waals surface area contributed by atoms with Gasteiger partial charge in [-0.2, -0.15) is 0 Å². The fourth-order valence-electron chi connectivity index (χ4n) is 2.20. The fourth-order valence-corrected chi connectivity index (χ4v) is 2.32. The Bertz CT molecular complexity index is 676. The summed E-state index contributed by atoms with van der Waals surface area (Å²) in [6.45, 7) is 1.61. The molecule has 23 heavy (non-hydrogen) atoms. The van der Waals surface area contributed by atoms with E-state index >= 15 is 0 Å². The van der Waals surface area contributed by atoms with Gasteiger partial charge in [-0.25, -0.2) is 0 Å². The van der Waals surface area contributed by atoms with E-state index in [0.29, 0.717) is 5.02 Å². The van der Waals surface area contributed by atoms with Gasteiger partial charge >= 0.3 is 0 Å². The molecule has 0 aromatic heterocycles. The molecule has 2 N–H and O–H groups in total. The molecular weight excluding hydrogens is 335 g/mol. The molecule has 0 saturated heterocycles. The standard InChI is InChI=1S/C16H17ClN4O.ClH/c1-22-15-4-2-3-14(11-15)21(20-16-18-9-10-19-16)13-7-5-12(17)6-8-13;/h2-8,11H,9-10H2,1H3,(H2,18,19,20);1H. The van der Waals surface area contributed by atoms with E-state index in [-0.39, 0.29) is 12.4 Å². The topological polar surface area (TPSA) is 48.9 Å². The van der Waals surface area contributed by atoms with Crippen molar-refractivity contribution in [3.05, 3.63) is 53.6 Å². The molecule has 0 aliphatic carbocycles. The number of rotatable bonds is 4. The highest BCUT2D eigenvalue weighted by atomic mass is 35.5. The molecule has 3 rings (SSSR count). The lowest BCUT2D eigenvalue weighted by Gasteiger charge is -2.26. The first-order valence-corrected chi connectivity index (χ1v) is 7.39. The van der Waals surface area contributed by atoms with Crippen molar-refractivity contribution in [2.75, 3.05) is 25.2 Å². The second kappa shape index (κ2) is 7.94. The molecule has 1 aliphatic rings. The lowest BCUT2D eigenvalue weighted by Crippen LogP contribution is -2.44. The maximum atomic E-state index is 5.99. The monoisotopic (exact) mass is 352 g/mol. The molecule has 1 heterocycles. The summed E-state index contributed by atoms with van der Waals surface area (Å²) in [6, 6.07) is 15.4. The molecule has 5 nitrogen and oxygen atoms in total. The molecule has 0 unspecified atom stereocenters. The van der Waals surface area contributed by atoms with E-state index < -0.39 is 0 Å². The Kier molecular flexibility index (Phi) is 5.96. The number of halogens is 2. The number of hydrogen-bond donors (Lipinski definition) is 2. The lowest BCUT2D eigenvalue weighted by atomic mass is 10.2. The molecule has 0 amide bonds. The van der Waals surface area contributed by atoms with E-state index in [4.69, 9.17) is 16.3 Å². The maximum absolute atomic E-state index is 5.99. The third-order valence-corrected chi connectivity index (χ3v) is 3.54. The van der Waals surface area contributed by atoms with Crippen LogP contribution in [-0.4, -0.2) is 26.2 Å². The van der Waals surface area contributed by atoms with Crippen molar-refractivity contribution in [2.45, 2.75) is 0 Å². The molecule has 0 radical (unpaired) electrons. The number of aliphatic imine (C=N–C) groups is 1. The van der Waals surface area contributed by atoms with E-state index in [2.05, 4.69) is 15.7 Å². The van der Waals surface area contributed by atoms with Crippen molar-refractivity contribution >= 4 is 41.3 Å². The minimum Gasteiger partial charge on any atom is -0.497 e. The highest BCUT2D eigenvalue weighted by molar-refractivity contribution is 6.30. The predicted molar refractivity (Wildman–Crippen MR) is 97.3 cm³/mol. The third kappa shape index (κ3) is 4.21. The van der Waals surface area contributed by atoms with Crippen LogP contribution >= 0.6 is 24.0 Å². The summed E-state index contributed by atoms with van der Waals surface area (Å²) in [7, 11) is 1.65. The third-order valence-electron chi connectivity index (χ3n) is 3.29. The zero-order chi connectivity index (χ0) is 15.4. The molecule has 1 aliphatic heterocycles. The molecular formula is C16H18Cl2N4O. The van der Waals surface area contributed by atoms with Gasteiger partial charge in [0.1, 0.15) is 5.75 Å². The van der Waals surface area contributed by atoms with Gasteiger partial charge in [-0.15, -0.1) is 12.4 Å². The van der Waals surface area contributed by atoms with Gasteiger partial charge < -0.3 is 10.1 Å². The molecule has 0 bridgehead atoms. The maximum Gasteiger partial charge on any atom is 0.210 e. The van der Waals surface area contributed by atoms with E-state index in [1.165, 1.54) is 0 Å². The average molecular weight is 353 g/mol. The minimum absolute atomic E-state index is 0. The van der Waals surface area contributed by atoms with E-state index in [9.17, 15) is 0 Å². The van der Waals surface area contributed by atoms with E-state index in [0.717, 1.165) is 36.2 Å². The van der Waals surface area contributed by atoms with Crippen molar-refractivity contribution < 1.29 is 4.74 Å². The Morgan fingerprint density at radius 2 is 1.96 bits per heavy atom. The number of benzene rings is 2. The first-order chi connectivity index (χ1) is 10.8. The average Bonchev–Trinajstić information content (AvgIpc) is 3.07. The van der Waals surface area contributed by atoms with Crippen molar-refractivity contribution in [3.63, 3.8) is 0 Å². The van der Waals surface area contributed by atoms with Crippen LogP contribution in [0.25, 0.3) is 0 Å². The second-order valence-corrected chi connectivity index (χ2v) is 5.22. The van der Waals surface area contributed by atoms with Gasteiger partial charge in [-0.3, -0.25) is 15.4 Å². The summed E-state index contributed by atoms with van der Waals surface area (Å²) in [5, 5.41) is 5.85. The van der Waals surface area contributed by atoms with Gasteiger partial charge in [0.15, 0.2) is 0 Å². The number of nitrogens with zero attached hydrogens (tertiary/aromatic N) is 2. The van der Waals surface area contributed by atoms with Gasteiger partial charge in [0.05, 0.1) is 25.0 Å². The van der Waals surface area contributed by atoms with E-state index in [1.54, 1.807) is 7.11 Å². The Hall–Kier alpha value is -2.11. The highest BCUT2D eigenvalue weighted by Crippen LogP contribution is 2.27. The normalized spacial score (nSPS) is 12.7.